The molecule has 2 rings (SSSR count). The highest BCUT2D eigenvalue weighted by atomic mass is 32.2. The second-order valence-electron chi connectivity index (χ2n) is 6.58. The van der Waals surface area contributed by atoms with Crippen molar-refractivity contribution in [1.82, 2.24) is 19.8 Å². The van der Waals surface area contributed by atoms with E-state index in [0.29, 0.717) is 37.7 Å². The smallest absolute Gasteiger partial charge is 0.253 e. The monoisotopic (exact) mass is 427 g/mol. The van der Waals surface area contributed by atoms with Crippen LogP contribution in [-0.2, 0) is 16.6 Å². The third kappa shape index (κ3) is 6.68. The Morgan fingerprint density at radius 1 is 1.18 bits per heavy atom. The molecule has 0 atom stereocenters. The summed E-state index contributed by atoms with van der Waals surface area (Å²) < 4.78 is 26.3. The third-order valence-electron chi connectivity index (χ3n) is 4.31. The Hall–Kier alpha value is -1.78. The van der Waals surface area contributed by atoms with E-state index in [4.69, 9.17) is 0 Å². The zero-order valence-corrected chi connectivity index (χ0v) is 18.3. The van der Waals surface area contributed by atoms with E-state index in [2.05, 4.69) is 15.6 Å². The predicted molar refractivity (Wildman–Crippen MR) is 115 cm³/mol. The molecule has 0 aromatic heterocycles. The van der Waals surface area contributed by atoms with Crippen molar-refractivity contribution in [3.8, 4) is 0 Å². The Balaban J connectivity index is 1.79. The average Bonchev–Trinajstić information content (AvgIpc) is 2.71. The molecular formula is C18H29N5O3S2. The molecule has 2 N–H and O–H groups in total. The first-order valence-corrected chi connectivity index (χ1v) is 11.9. The van der Waals surface area contributed by atoms with Gasteiger partial charge in [0.15, 0.2) is 5.96 Å². The van der Waals surface area contributed by atoms with Gasteiger partial charge in [-0.2, -0.15) is 11.8 Å². The summed E-state index contributed by atoms with van der Waals surface area (Å²) in [5.41, 5.74) is 1.63. The molecule has 1 aromatic carbocycles. The lowest BCUT2D eigenvalue weighted by Crippen LogP contribution is -2.44. The van der Waals surface area contributed by atoms with Gasteiger partial charge >= 0.3 is 0 Å². The molecule has 1 aromatic rings. The minimum atomic E-state index is -3.24. The van der Waals surface area contributed by atoms with Crippen LogP contribution in [0.4, 0.5) is 0 Å². The number of benzene rings is 1. The second kappa shape index (κ2) is 10.7. The maximum Gasteiger partial charge on any atom is 0.253 e. The Morgan fingerprint density at radius 3 is 2.39 bits per heavy atom. The number of guanidine groups is 1. The Kier molecular flexibility index (Phi) is 8.58. The molecular weight excluding hydrogens is 398 g/mol. The van der Waals surface area contributed by atoms with E-state index in [1.807, 2.05) is 12.1 Å². The van der Waals surface area contributed by atoms with Crippen molar-refractivity contribution >= 4 is 33.7 Å². The van der Waals surface area contributed by atoms with Crippen LogP contribution in [0.1, 0.15) is 15.9 Å². The van der Waals surface area contributed by atoms with E-state index >= 15 is 0 Å². The SMILES string of the molecule is CN=C(NCCS(=O)(=O)N1CCSCC1)NCc1ccc(C(=O)N(C)C)cc1. The molecule has 1 fully saturated rings. The number of nitrogens with zero attached hydrogens (tertiary/aromatic N) is 3. The van der Waals surface area contributed by atoms with Crippen LogP contribution >= 0.6 is 11.8 Å². The van der Waals surface area contributed by atoms with E-state index in [9.17, 15) is 13.2 Å². The van der Waals surface area contributed by atoms with Gasteiger partial charge in [0.1, 0.15) is 0 Å². The van der Waals surface area contributed by atoms with E-state index in [1.165, 1.54) is 4.90 Å². The lowest BCUT2D eigenvalue weighted by Gasteiger charge is -2.25. The molecule has 1 heterocycles. The number of hydrogen-bond donors (Lipinski definition) is 2. The maximum atomic E-state index is 12.4. The van der Waals surface area contributed by atoms with Crippen molar-refractivity contribution in [2.75, 3.05) is 58.0 Å². The number of hydrogen-bond acceptors (Lipinski definition) is 5. The maximum absolute atomic E-state index is 12.4. The Labute approximate surface area is 171 Å². The van der Waals surface area contributed by atoms with Crippen LogP contribution in [0, 0.1) is 0 Å². The molecule has 8 nitrogen and oxygen atoms in total. The normalized spacial score (nSPS) is 15.9. The molecule has 0 radical (unpaired) electrons. The highest BCUT2D eigenvalue weighted by Crippen LogP contribution is 2.13. The van der Waals surface area contributed by atoms with Gasteiger partial charge in [-0.25, -0.2) is 12.7 Å². The summed E-state index contributed by atoms with van der Waals surface area (Å²) in [6, 6.07) is 7.35. The fraction of sp³-hybridized carbons (Fsp3) is 0.556. The number of aliphatic imine (C=N–C) groups is 1. The lowest BCUT2D eigenvalue weighted by atomic mass is 10.1. The van der Waals surface area contributed by atoms with E-state index in [0.717, 1.165) is 17.1 Å². The summed E-state index contributed by atoms with van der Waals surface area (Å²) in [4.78, 5) is 17.6. The van der Waals surface area contributed by atoms with Gasteiger partial charge in [-0.3, -0.25) is 9.79 Å². The van der Waals surface area contributed by atoms with Crippen LogP contribution in [0.15, 0.2) is 29.3 Å². The molecule has 0 aliphatic carbocycles. The van der Waals surface area contributed by atoms with Gasteiger partial charge in [-0.05, 0) is 17.7 Å². The lowest BCUT2D eigenvalue weighted by molar-refractivity contribution is 0.0827. The summed E-state index contributed by atoms with van der Waals surface area (Å²) in [6.07, 6.45) is 0. The molecule has 10 heteroatoms. The molecule has 28 heavy (non-hydrogen) atoms. The van der Waals surface area contributed by atoms with E-state index < -0.39 is 10.0 Å². The fourth-order valence-electron chi connectivity index (χ4n) is 2.68. The predicted octanol–water partition coefficient (Wildman–Crippen LogP) is 0.432. The highest BCUT2D eigenvalue weighted by Gasteiger charge is 2.23. The molecule has 0 bridgehead atoms. The van der Waals surface area contributed by atoms with Crippen LogP contribution in [-0.4, -0.2) is 87.5 Å². The molecule has 0 saturated carbocycles. The van der Waals surface area contributed by atoms with Crippen molar-refractivity contribution in [2.24, 2.45) is 4.99 Å². The zero-order valence-electron chi connectivity index (χ0n) is 16.6. The topological polar surface area (TPSA) is 94.1 Å². The fourth-order valence-corrected chi connectivity index (χ4v) is 5.17. The Morgan fingerprint density at radius 2 is 1.82 bits per heavy atom. The van der Waals surface area contributed by atoms with E-state index in [-0.39, 0.29) is 11.7 Å². The van der Waals surface area contributed by atoms with Gasteiger partial charge < -0.3 is 15.5 Å². The molecule has 1 aliphatic rings. The van der Waals surface area contributed by atoms with Crippen LogP contribution in [0.25, 0.3) is 0 Å². The van der Waals surface area contributed by atoms with Crippen molar-refractivity contribution in [1.29, 1.82) is 0 Å². The summed E-state index contributed by atoms with van der Waals surface area (Å²) in [5.74, 6) is 2.26. The summed E-state index contributed by atoms with van der Waals surface area (Å²) in [7, 11) is 1.85. The van der Waals surface area contributed by atoms with Gasteiger partial charge in [0.05, 0.1) is 5.75 Å². The highest BCUT2D eigenvalue weighted by molar-refractivity contribution is 7.99. The molecule has 0 unspecified atom stereocenters. The third-order valence-corrected chi connectivity index (χ3v) is 7.12. The molecule has 156 valence electrons. The number of carbonyl (C=O) groups is 1. The summed E-state index contributed by atoms with van der Waals surface area (Å²) in [6.45, 7) is 1.99. The number of amides is 1. The van der Waals surface area contributed by atoms with Gasteiger partial charge in [-0.1, -0.05) is 12.1 Å². The molecule has 1 saturated heterocycles. The molecule has 1 aliphatic heterocycles. The molecule has 0 spiro atoms. The quantitative estimate of drug-likeness (QED) is 0.484. The van der Waals surface area contributed by atoms with Crippen LogP contribution < -0.4 is 10.6 Å². The second-order valence-corrected chi connectivity index (χ2v) is 9.89. The first kappa shape index (κ1) is 22.5. The average molecular weight is 428 g/mol. The van der Waals surface area contributed by atoms with Crippen molar-refractivity contribution < 1.29 is 13.2 Å². The van der Waals surface area contributed by atoms with Crippen molar-refractivity contribution in [3.05, 3.63) is 35.4 Å². The minimum Gasteiger partial charge on any atom is -0.355 e. The van der Waals surface area contributed by atoms with Crippen LogP contribution in [0.2, 0.25) is 0 Å². The first-order valence-electron chi connectivity index (χ1n) is 9.14. The molecule has 1 amide bonds. The Bertz CT molecular complexity index is 773. The van der Waals surface area contributed by atoms with Crippen LogP contribution in [0.5, 0.6) is 0 Å². The number of thioether (sulfide) groups is 1. The van der Waals surface area contributed by atoms with Crippen molar-refractivity contribution in [2.45, 2.75) is 6.54 Å². The first-order chi connectivity index (χ1) is 13.3. The largest absolute Gasteiger partial charge is 0.355 e. The van der Waals surface area contributed by atoms with Gasteiger partial charge in [0.2, 0.25) is 10.0 Å². The van der Waals surface area contributed by atoms with Gasteiger partial charge in [-0.15, -0.1) is 0 Å². The van der Waals surface area contributed by atoms with Crippen molar-refractivity contribution in [3.63, 3.8) is 0 Å². The number of sulfonamides is 1. The summed E-state index contributed by atoms with van der Waals surface area (Å²) in [5, 5.41) is 6.20. The van der Waals surface area contributed by atoms with Gasteiger partial charge in [0, 0.05) is 64.4 Å². The van der Waals surface area contributed by atoms with E-state index in [1.54, 1.807) is 49.3 Å². The summed E-state index contributed by atoms with van der Waals surface area (Å²) >= 11 is 1.78. The van der Waals surface area contributed by atoms with Crippen LogP contribution in [0.3, 0.4) is 0 Å². The minimum absolute atomic E-state index is 0.0366. The number of nitrogens with one attached hydrogen (secondary N) is 2. The van der Waals surface area contributed by atoms with Gasteiger partial charge in [0.25, 0.3) is 5.91 Å². The number of carbonyl (C=O) groups excluding carboxylic acids is 1. The number of rotatable bonds is 7. The standard InChI is InChI=1S/C18H29N5O3S2/c1-19-18(20-8-13-28(25,26)23-9-11-27-12-10-23)21-14-15-4-6-16(7-5-15)17(24)22(2)3/h4-7H,8-14H2,1-3H3,(H2,19,20,21). The zero-order chi connectivity index (χ0) is 20.6.